The molecule has 0 saturated carbocycles. The Morgan fingerprint density at radius 3 is 2.83 bits per heavy atom. The van der Waals surface area contributed by atoms with Crippen molar-refractivity contribution in [1.82, 2.24) is 25.5 Å². The highest BCUT2D eigenvalue weighted by Crippen LogP contribution is 2.35. The molecule has 0 amide bonds. The number of hydrogen-bond acceptors (Lipinski definition) is 5. The fourth-order valence-corrected chi connectivity index (χ4v) is 3.99. The van der Waals surface area contributed by atoms with E-state index in [1.54, 1.807) is 12.4 Å². The molecule has 3 unspecified atom stereocenters. The predicted octanol–water partition coefficient (Wildman–Crippen LogP) is 0.854. The van der Waals surface area contributed by atoms with Gasteiger partial charge in [0.15, 0.2) is 5.82 Å². The van der Waals surface area contributed by atoms with Gasteiger partial charge in [0.2, 0.25) is 5.78 Å². The van der Waals surface area contributed by atoms with Gasteiger partial charge < -0.3 is 15.6 Å². The van der Waals surface area contributed by atoms with Crippen LogP contribution >= 0.6 is 0 Å². The molecule has 126 valence electrons. The van der Waals surface area contributed by atoms with Crippen molar-refractivity contribution in [2.45, 2.75) is 19.0 Å². The second-order valence-electron chi connectivity index (χ2n) is 6.54. The van der Waals surface area contributed by atoms with Crippen LogP contribution in [0.4, 0.5) is 0 Å². The normalized spacial score (nSPS) is 27.9. The summed E-state index contributed by atoms with van der Waals surface area (Å²) in [5.74, 6) is 0.730. The molecular formula is C18H23N5O. The van der Waals surface area contributed by atoms with Crippen molar-refractivity contribution in [2.75, 3.05) is 26.2 Å². The second kappa shape index (κ2) is 6.37. The molecule has 4 rings (SSSR count). The van der Waals surface area contributed by atoms with Gasteiger partial charge in [0.05, 0.1) is 6.04 Å². The van der Waals surface area contributed by atoms with Crippen molar-refractivity contribution >= 4 is 5.78 Å². The number of hydrogen-bond donors (Lipinski definition) is 3. The molecule has 0 radical (unpaired) electrons. The van der Waals surface area contributed by atoms with Crippen molar-refractivity contribution in [3.8, 4) is 0 Å². The number of aromatic amines is 1. The third kappa shape index (κ3) is 2.61. The maximum atomic E-state index is 13.3. The number of carbonyl (C=O) groups is 1. The SMILES string of the molecule is CC1=C(C(C(=O)c2ncc[nH]2)N2CCNCC2)C2C=CC=CC2N1. The molecule has 0 spiro atoms. The van der Waals surface area contributed by atoms with Gasteiger partial charge in [-0.3, -0.25) is 9.69 Å². The van der Waals surface area contributed by atoms with Crippen LogP contribution in [0.5, 0.6) is 0 Å². The van der Waals surface area contributed by atoms with E-state index in [2.05, 4.69) is 56.7 Å². The summed E-state index contributed by atoms with van der Waals surface area (Å²) < 4.78 is 0. The lowest BCUT2D eigenvalue weighted by molar-refractivity contribution is 0.0822. The van der Waals surface area contributed by atoms with Crippen molar-refractivity contribution in [1.29, 1.82) is 0 Å². The van der Waals surface area contributed by atoms with Gasteiger partial charge in [-0.25, -0.2) is 4.98 Å². The monoisotopic (exact) mass is 325 g/mol. The Hall–Kier alpha value is -2.18. The summed E-state index contributed by atoms with van der Waals surface area (Å²) >= 11 is 0. The van der Waals surface area contributed by atoms with Crippen LogP contribution in [-0.4, -0.2) is 58.9 Å². The molecule has 1 fully saturated rings. The van der Waals surface area contributed by atoms with Crippen LogP contribution in [0.15, 0.2) is 48.0 Å². The zero-order valence-corrected chi connectivity index (χ0v) is 13.8. The van der Waals surface area contributed by atoms with Crippen LogP contribution in [0.25, 0.3) is 0 Å². The Morgan fingerprint density at radius 1 is 1.29 bits per heavy atom. The van der Waals surface area contributed by atoms with E-state index >= 15 is 0 Å². The lowest BCUT2D eigenvalue weighted by Crippen LogP contribution is -2.53. The quantitative estimate of drug-likeness (QED) is 0.716. The van der Waals surface area contributed by atoms with Crippen molar-refractivity contribution in [3.63, 3.8) is 0 Å². The summed E-state index contributed by atoms with van der Waals surface area (Å²) in [5, 5.41) is 6.91. The number of rotatable bonds is 4. The summed E-state index contributed by atoms with van der Waals surface area (Å²) in [5.41, 5.74) is 2.30. The number of fused-ring (bicyclic) bond motifs is 1. The third-order valence-corrected chi connectivity index (χ3v) is 5.10. The number of Topliss-reactive ketones (excluding diaryl/α,β-unsaturated/α-hetero) is 1. The van der Waals surface area contributed by atoms with Gasteiger partial charge in [-0.15, -0.1) is 0 Å². The first kappa shape index (κ1) is 15.4. The molecule has 6 nitrogen and oxygen atoms in total. The van der Waals surface area contributed by atoms with E-state index in [1.165, 1.54) is 5.57 Å². The predicted molar refractivity (Wildman–Crippen MR) is 92.5 cm³/mol. The lowest BCUT2D eigenvalue weighted by atomic mass is 9.84. The molecule has 1 aliphatic carbocycles. The van der Waals surface area contributed by atoms with E-state index < -0.39 is 0 Å². The largest absolute Gasteiger partial charge is 0.381 e. The number of allylic oxidation sites excluding steroid dienone is 3. The standard InChI is InChI=1S/C18H23N5O/c1-12-15(13-4-2-3-5-14(13)22-12)16(23-10-8-19-9-11-23)17(24)18-20-6-7-21-18/h2-7,13-14,16,19,22H,8-11H2,1H3,(H,20,21). The first-order valence-electron chi connectivity index (χ1n) is 8.56. The molecule has 0 aromatic carbocycles. The highest BCUT2D eigenvalue weighted by Gasteiger charge is 2.41. The van der Waals surface area contributed by atoms with Crippen LogP contribution in [0.2, 0.25) is 0 Å². The third-order valence-electron chi connectivity index (χ3n) is 5.10. The first-order chi connectivity index (χ1) is 11.8. The topological polar surface area (TPSA) is 73.0 Å². The molecule has 6 heteroatoms. The van der Waals surface area contributed by atoms with E-state index in [1.807, 2.05) is 0 Å². The van der Waals surface area contributed by atoms with Crippen molar-refractivity contribution in [3.05, 3.63) is 53.8 Å². The molecule has 3 heterocycles. The molecule has 3 N–H and O–H groups in total. The van der Waals surface area contributed by atoms with Crippen molar-refractivity contribution in [2.24, 2.45) is 5.92 Å². The van der Waals surface area contributed by atoms with Crippen LogP contribution in [-0.2, 0) is 0 Å². The number of imidazole rings is 1. The maximum absolute atomic E-state index is 13.3. The highest BCUT2D eigenvalue weighted by atomic mass is 16.1. The zero-order valence-electron chi connectivity index (χ0n) is 13.8. The van der Waals surface area contributed by atoms with Crippen LogP contribution < -0.4 is 10.6 Å². The van der Waals surface area contributed by atoms with Gasteiger partial charge in [0.25, 0.3) is 0 Å². The molecule has 1 saturated heterocycles. The number of carbonyl (C=O) groups excluding carboxylic acids is 1. The number of nitrogens with zero attached hydrogens (tertiary/aromatic N) is 2. The summed E-state index contributed by atoms with van der Waals surface area (Å²) in [6, 6.07) is -0.0169. The number of ketones is 1. The number of H-pyrrole nitrogens is 1. The lowest BCUT2D eigenvalue weighted by Gasteiger charge is -2.36. The molecule has 0 bridgehead atoms. The highest BCUT2D eigenvalue weighted by molar-refractivity contribution is 5.99. The minimum absolute atomic E-state index is 0.0571. The van der Waals surface area contributed by atoms with E-state index in [9.17, 15) is 4.79 Å². The summed E-state index contributed by atoms with van der Waals surface area (Å²) in [6.45, 7) is 5.63. The number of aromatic nitrogens is 2. The fourth-order valence-electron chi connectivity index (χ4n) is 3.99. The Bertz CT molecular complexity index is 697. The number of piperazine rings is 1. The molecule has 3 aliphatic rings. The molecular weight excluding hydrogens is 302 g/mol. The van der Waals surface area contributed by atoms with Gasteiger partial charge >= 0.3 is 0 Å². The van der Waals surface area contributed by atoms with Gasteiger partial charge in [0.1, 0.15) is 6.04 Å². The molecule has 2 aliphatic heterocycles. The molecule has 3 atom stereocenters. The van der Waals surface area contributed by atoms with Gasteiger partial charge in [-0.1, -0.05) is 24.3 Å². The first-order valence-corrected chi connectivity index (χ1v) is 8.56. The fraction of sp³-hybridized carbons (Fsp3) is 0.444. The molecule has 1 aromatic rings. The average molecular weight is 325 g/mol. The van der Waals surface area contributed by atoms with E-state index in [-0.39, 0.29) is 23.8 Å². The Balaban J connectivity index is 1.72. The van der Waals surface area contributed by atoms with Crippen molar-refractivity contribution < 1.29 is 4.79 Å². The minimum atomic E-state index is -0.267. The smallest absolute Gasteiger partial charge is 0.219 e. The molecule has 24 heavy (non-hydrogen) atoms. The Labute approximate surface area is 141 Å². The van der Waals surface area contributed by atoms with Gasteiger partial charge in [0, 0.05) is 50.2 Å². The van der Waals surface area contributed by atoms with E-state index in [4.69, 9.17) is 0 Å². The summed E-state index contributed by atoms with van der Waals surface area (Å²) in [4.78, 5) is 22.7. The van der Waals surface area contributed by atoms with Crippen LogP contribution in [0.3, 0.4) is 0 Å². The van der Waals surface area contributed by atoms with Gasteiger partial charge in [-0.05, 0) is 12.5 Å². The average Bonchev–Trinajstić information content (AvgIpc) is 3.25. The number of nitrogens with one attached hydrogen (secondary N) is 3. The van der Waals surface area contributed by atoms with Crippen LogP contribution in [0.1, 0.15) is 17.5 Å². The maximum Gasteiger partial charge on any atom is 0.219 e. The molecule has 1 aromatic heterocycles. The summed E-state index contributed by atoms with van der Waals surface area (Å²) in [7, 11) is 0. The minimum Gasteiger partial charge on any atom is -0.381 e. The zero-order chi connectivity index (χ0) is 16.5. The second-order valence-corrected chi connectivity index (χ2v) is 6.54. The van der Waals surface area contributed by atoms with Crippen LogP contribution in [0, 0.1) is 5.92 Å². The summed E-state index contributed by atoms with van der Waals surface area (Å²) in [6.07, 6.45) is 11.9. The van der Waals surface area contributed by atoms with Gasteiger partial charge in [-0.2, -0.15) is 0 Å². The van der Waals surface area contributed by atoms with E-state index in [0.29, 0.717) is 5.82 Å². The Kier molecular flexibility index (Phi) is 4.08. The Morgan fingerprint density at radius 2 is 2.08 bits per heavy atom. The van der Waals surface area contributed by atoms with E-state index in [0.717, 1.165) is 31.9 Å².